The first kappa shape index (κ1) is 22.8. The van der Waals surface area contributed by atoms with Crippen LogP contribution in [0.4, 0.5) is 4.79 Å². The Balaban J connectivity index is 1.89. The molecule has 2 unspecified atom stereocenters. The van der Waals surface area contributed by atoms with Crippen LogP contribution >= 0.6 is 11.8 Å². The van der Waals surface area contributed by atoms with Gasteiger partial charge in [-0.3, -0.25) is 9.59 Å². The highest BCUT2D eigenvalue weighted by molar-refractivity contribution is 7.99. The average Bonchev–Trinajstić information content (AvgIpc) is 3.32. The molecule has 4 N–H and O–H groups in total. The lowest BCUT2D eigenvalue weighted by Crippen LogP contribution is -2.54. The van der Waals surface area contributed by atoms with E-state index < -0.39 is 29.7 Å². The fourth-order valence-corrected chi connectivity index (χ4v) is 4.60. The number of carbonyl (C=O) groups is 3. The number of primary amides is 1. The summed E-state index contributed by atoms with van der Waals surface area (Å²) in [5, 5.41) is 3.56. The topological polar surface area (TPSA) is 127 Å². The molecule has 2 heterocycles. The molecule has 3 rings (SSSR count). The highest BCUT2D eigenvalue weighted by atomic mass is 32.2. The summed E-state index contributed by atoms with van der Waals surface area (Å²) in [6, 6.07) is 3.96. The number of nitrogens with two attached hydrogens (primary N) is 1. The largest absolute Gasteiger partial charge is 0.497 e. The van der Waals surface area contributed by atoms with E-state index in [-0.39, 0.29) is 12.3 Å². The van der Waals surface area contributed by atoms with Gasteiger partial charge in [0, 0.05) is 29.3 Å². The van der Waals surface area contributed by atoms with Gasteiger partial charge in [0.05, 0.1) is 13.0 Å². The number of rotatable bonds is 6. The molecule has 2 aromatic rings. The van der Waals surface area contributed by atoms with Gasteiger partial charge in [0.15, 0.2) is 0 Å². The second-order valence-corrected chi connectivity index (χ2v) is 9.35. The number of thioether (sulfide) groups is 1. The Morgan fingerprint density at radius 3 is 2.74 bits per heavy atom. The van der Waals surface area contributed by atoms with Crippen LogP contribution in [0.25, 0.3) is 10.9 Å². The molecule has 2 atom stereocenters. The lowest BCUT2D eigenvalue weighted by Gasteiger charge is -2.28. The van der Waals surface area contributed by atoms with Crippen LogP contribution < -0.4 is 15.8 Å². The van der Waals surface area contributed by atoms with Crippen molar-refractivity contribution in [1.82, 2.24) is 15.2 Å². The normalized spacial score (nSPS) is 17.4. The Bertz CT molecular complexity index is 984. The number of methoxy groups -OCH3 is 1. The maximum Gasteiger partial charge on any atom is 0.408 e. The quantitative estimate of drug-likeness (QED) is 0.620. The van der Waals surface area contributed by atoms with E-state index in [4.69, 9.17) is 15.2 Å². The molecule has 3 amide bonds. The molecule has 1 saturated heterocycles. The zero-order chi connectivity index (χ0) is 22.8. The summed E-state index contributed by atoms with van der Waals surface area (Å²) in [6.07, 6.45) is 1.30. The maximum absolute atomic E-state index is 13.3. The number of H-pyrrole nitrogens is 1. The summed E-state index contributed by atoms with van der Waals surface area (Å²) in [7, 11) is 1.58. The molecule has 168 valence electrons. The number of ether oxygens (including phenoxy) is 2. The van der Waals surface area contributed by atoms with E-state index >= 15 is 0 Å². The number of benzene rings is 1. The van der Waals surface area contributed by atoms with Gasteiger partial charge in [0.2, 0.25) is 11.8 Å². The van der Waals surface area contributed by atoms with Crippen molar-refractivity contribution in [2.24, 2.45) is 5.73 Å². The number of hydrogen-bond donors (Lipinski definition) is 3. The Kier molecular flexibility index (Phi) is 6.68. The van der Waals surface area contributed by atoms with E-state index in [1.165, 1.54) is 16.7 Å². The van der Waals surface area contributed by atoms with Crippen LogP contribution in [0, 0.1) is 0 Å². The van der Waals surface area contributed by atoms with Gasteiger partial charge < -0.3 is 30.4 Å². The van der Waals surface area contributed by atoms with Crippen molar-refractivity contribution < 1.29 is 23.9 Å². The molecule has 1 aliphatic heterocycles. The van der Waals surface area contributed by atoms with Gasteiger partial charge in [0.25, 0.3) is 0 Å². The fourth-order valence-electron chi connectivity index (χ4n) is 3.42. The van der Waals surface area contributed by atoms with E-state index in [0.717, 1.165) is 16.5 Å². The summed E-state index contributed by atoms with van der Waals surface area (Å²) in [4.78, 5) is 42.2. The molecule has 1 aromatic heterocycles. The van der Waals surface area contributed by atoms with Crippen LogP contribution in [0.5, 0.6) is 5.75 Å². The smallest absolute Gasteiger partial charge is 0.408 e. The first-order valence-electron chi connectivity index (χ1n) is 9.90. The van der Waals surface area contributed by atoms with Gasteiger partial charge in [-0.2, -0.15) is 0 Å². The number of fused-ring (bicyclic) bond motifs is 1. The number of amides is 3. The molecule has 0 spiro atoms. The van der Waals surface area contributed by atoms with E-state index in [1.54, 1.807) is 34.1 Å². The predicted molar refractivity (Wildman–Crippen MR) is 119 cm³/mol. The van der Waals surface area contributed by atoms with Crippen molar-refractivity contribution in [2.75, 3.05) is 18.7 Å². The van der Waals surface area contributed by atoms with Crippen LogP contribution in [0.1, 0.15) is 26.3 Å². The van der Waals surface area contributed by atoms with E-state index in [0.29, 0.717) is 17.4 Å². The van der Waals surface area contributed by atoms with Crippen LogP contribution in [0.15, 0.2) is 24.4 Å². The lowest BCUT2D eigenvalue weighted by molar-refractivity contribution is -0.138. The molecule has 1 aliphatic rings. The van der Waals surface area contributed by atoms with Crippen LogP contribution in [-0.2, 0) is 20.7 Å². The minimum atomic E-state index is -0.930. The summed E-state index contributed by atoms with van der Waals surface area (Å²) >= 11 is 1.45. The minimum Gasteiger partial charge on any atom is -0.497 e. The number of aromatic nitrogens is 1. The number of nitrogens with zero attached hydrogens (tertiary/aromatic N) is 1. The van der Waals surface area contributed by atoms with Gasteiger partial charge in [-0.1, -0.05) is 0 Å². The zero-order valence-corrected chi connectivity index (χ0v) is 18.9. The fraction of sp³-hybridized carbons (Fsp3) is 0.476. The van der Waals surface area contributed by atoms with Crippen molar-refractivity contribution >= 4 is 40.6 Å². The molecular formula is C21H28N4O5S. The third kappa shape index (κ3) is 5.43. The van der Waals surface area contributed by atoms with Crippen LogP contribution in [0.2, 0.25) is 0 Å². The third-order valence-corrected chi connectivity index (χ3v) is 5.89. The molecule has 0 aliphatic carbocycles. The van der Waals surface area contributed by atoms with Crippen molar-refractivity contribution in [3.63, 3.8) is 0 Å². The highest BCUT2D eigenvalue weighted by Crippen LogP contribution is 2.26. The third-order valence-electron chi connectivity index (χ3n) is 4.88. The SMILES string of the molecule is COc1ccc2[nH]cc(CC(NC(=O)OC(C)(C)C)C(=O)N3CSCC3C(N)=O)c2c1. The maximum atomic E-state index is 13.3. The minimum absolute atomic E-state index is 0.206. The van der Waals surface area contributed by atoms with Gasteiger partial charge in [-0.15, -0.1) is 11.8 Å². The Hall–Kier alpha value is -2.88. The molecule has 0 radical (unpaired) electrons. The van der Waals surface area contributed by atoms with E-state index in [2.05, 4.69) is 10.3 Å². The molecule has 0 saturated carbocycles. The van der Waals surface area contributed by atoms with Crippen molar-refractivity contribution in [1.29, 1.82) is 0 Å². The molecule has 0 bridgehead atoms. The van der Waals surface area contributed by atoms with Gasteiger partial charge in [-0.05, 0) is 44.5 Å². The number of alkyl carbamates (subject to hydrolysis) is 1. The number of carbonyl (C=O) groups excluding carboxylic acids is 3. The standard InChI is InChI=1S/C21H28N4O5S/c1-21(2,3)30-20(28)24-16(19(27)25-11-31-10-17(25)18(22)26)7-12-9-23-15-6-5-13(29-4)8-14(12)15/h5-6,8-9,16-17,23H,7,10-11H2,1-4H3,(H2,22,26)(H,24,28). The monoisotopic (exact) mass is 448 g/mol. The van der Waals surface area contributed by atoms with Crippen LogP contribution in [-0.4, -0.2) is 64.2 Å². The molecule has 1 aromatic carbocycles. The molecule has 10 heteroatoms. The molecule has 9 nitrogen and oxygen atoms in total. The predicted octanol–water partition coefficient (Wildman–Crippen LogP) is 2.00. The first-order valence-corrected chi connectivity index (χ1v) is 11.1. The molecular weight excluding hydrogens is 420 g/mol. The number of hydrogen-bond acceptors (Lipinski definition) is 6. The van der Waals surface area contributed by atoms with Crippen molar-refractivity contribution in [2.45, 2.75) is 44.9 Å². The Labute approximate surface area is 185 Å². The Morgan fingerprint density at radius 2 is 2.10 bits per heavy atom. The van der Waals surface area contributed by atoms with Gasteiger partial charge >= 0.3 is 6.09 Å². The summed E-state index contributed by atoms with van der Waals surface area (Å²) in [5.74, 6) is 0.509. The average molecular weight is 449 g/mol. The lowest BCUT2D eigenvalue weighted by atomic mass is 10.0. The Morgan fingerprint density at radius 1 is 1.35 bits per heavy atom. The number of nitrogens with one attached hydrogen (secondary N) is 2. The van der Waals surface area contributed by atoms with Gasteiger partial charge in [0.1, 0.15) is 23.4 Å². The van der Waals surface area contributed by atoms with Gasteiger partial charge in [-0.25, -0.2) is 4.79 Å². The van der Waals surface area contributed by atoms with Crippen LogP contribution in [0.3, 0.4) is 0 Å². The first-order chi connectivity index (χ1) is 14.6. The second kappa shape index (κ2) is 9.09. The molecule has 1 fully saturated rings. The molecule has 31 heavy (non-hydrogen) atoms. The summed E-state index contributed by atoms with van der Waals surface area (Å²) in [5.41, 5.74) is 6.46. The summed E-state index contributed by atoms with van der Waals surface area (Å²) < 4.78 is 10.7. The number of aromatic amines is 1. The van der Waals surface area contributed by atoms with Crippen molar-refractivity contribution in [3.05, 3.63) is 30.0 Å². The van der Waals surface area contributed by atoms with Crippen molar-refractivity contribution in [3.8, 4) is 5.75 Å². The second-order valence-electron chi connectivity index (χ2n) is 8.35. The van der Waals surface area contributed by atoms with E-state index in [1.807, 2.05) is 18.2 Å². The summed E-state index contributed by atoms with van der Waals surface area (Å²) in [6.45, 7) is 5.24. The zero-order valence-electron chi connectivity index (χ0n) is 18.1. The highest BCUT2D eigenvalue weighted by Gasteiger charge is 2.38. The van der Waals surface area contributed by atoms with E-state index in [9.17, 15) is 14.4 Å².